The standard InChI is InChI=1S/C15H19N3O2/c16-8-3-5-12-6-4-9-17-14(12)15(20)18-10-2-1-7-13(18)11-19/h4,6,9,13,19H,1-2,7-8,10-11,16H2. The van der Waals surface area contributed by atoms with Crippen molar-refractivity contribution in [3.63, 3.8) is 0 Å². The van der Waals surface area contributed by atoms with E-state index in [1.54, 1.807) is 23.2 Å². The van der Waals surface area contributed by atoms with E-state index in [2.05, 4.69) is 16.8 Å². The minimum absolute atomic E-state index is 0.0115. The predicted octanol–water partition coefficient (Wildman–Crippen LogP) is 0.379. The first-order valence-electron chi connectivity index (χ1n) is 6.83. The molecule has 1 fully saturated rings. The summed E-state index contributed by atoms with van der Waals surface area (Å²) < 4.78 is 0. The zero-order valence-corrected chi connectivity index (χ0v) is 11.4. The molecule has 1 unspecified atom stereocenters. The maximum atomic E-state index is 12.6. The Balaban J connectivity index is 2.28. The van der Waals surface area contributed by atoms with Gasteiger partial charge in [-0.15, -0.1) is 0 Å². The van der Waals surface area contributed by atoms with Crippen molar-refractivity contribution in [3.05, 3.63) is 29.6 Å². The van der Waals surface area contributed by atoms with Crippen LogP contribution in [0.1, 0.15) is 35.3 Å². The van der Waals surface area contributed by atoms with Crippen LogP contribution < -0.4 is 5.73 Å². The van der Waals surface area contributed by atoms with Crippen LogP contribution in [0.3, 0.4) is 0 Å². The molecule has 0 radical (unpaired) electrons. The van der Waals surface area contributed by atoms with E-state index in [0.29, 0.717) is 17.8 Å². The van der Waals surface area contributed by atoms with E-state index in [0.717, 1.165) is 19.3 Å². The summed E-state index contributed by atoms with van der Waals surface area (Å²) in [4.78, 5) is 18.5. The van der Waals surface area contributed by atoms with E-state index in [1.807, 2.05) is 0 Å². The number of pyridine rings is 1. The number of likely N-dealkylation sites (tertiary alicyclic amines) is 1. The lowest BCUT2D eigenvalue weighted by Crippen LogP contribution is -2.46. The second-order valence-electron chi connectivity index (χ2n) is 4.74. The quantitative estimate of drug-likeness (QED) is 0.763. The number of aromatic nitrogens is 1. The Morgan fingerprint density at radius 3 is 3.15 bits per heavy atom. The van der Waals surface area contributed by atoms with Gasteiger partial charge in [-0.25, -0.2) is 4.98 Å². The second-order valence-corrected chi connectivity index (χ2v) is 4.74. The minimum atomic E-state index is -0.161. The van der Waals surface area contributed by atoms with Gasteiger partial charge in [0.2, 0.25) is 0 Å². The molecular weight excluding hydrogens is 254 g/mol. The normalized spacial score (nSPS) is 18.3. The Morgan fingerprint density at radius 1 is 1.55 bits per heavy atom. The van der Waals surface area contributed by atoms with Crippen molar-refractivity contribution in [2.24, 2.45) is 5.73 Å². The van der Waals surface area contributed by atoms with Gasteiger partial charge in [-0.05, 0) is 31.4 Å². The minimum Gasteiger partial charge on any atom is -0.394 e. The number of piperidine rings is 1. The number of aliphatic hydroxyl groups excluding tert-OH is 1. The highest BCUT2D eigenvalue weighted by Gasteiger charge is 2.28. The maximum Gasteiger partial charge on any atom is 0.274 e. The van der Waals surface area contributed by atoms with Crippen LogP contribution in [0.15, 0.2) is 18.3 Å². The molecule has 2 rings (SSSR count). The summed E-state index contributed by atoms with van der Waals surface area (Å²) in [7, 11) is 0. The molecule has 0 spiro atoms. The number of aliphatic hydroxyl groups is 1. The summed E-state index contributed by atoms with van der Waals surface area (Å²) in [5.74, 6) is 5.46. The van der Waals surface area contributed by atoms with Crippen LogP contribution >= 0.6 is 0 Å². The Hall–Kier alpha value is -1.90. The third-order valence-electron chi connectivity index (χ3n) is 3.43. The number of carbonyl (C=O) groups excluding carboxylic acids is 1. The monoisotopic (exact) mass is 273 g/mol. The van der Waals surface area contributed by atoms with Crippen molar-refractivity contribution in [2.45, 2.75) is 25.3 Å². The molecule has 3 N–H and O–H groups in total. The Kier molecular flexibility index (Phi) is 5.10. The van der Waals surface area contributed by atoms with Gasteiger partial charge in [-0.2, -0.15) is 0 Å². The van der Waals surface area contributed by atoms with E-state index in [-0.39, 0.29) is 25.1 Å². The zero-order valence-electron chi connectivity index (χ0n) is 11.4. The summed E-state index contributed by atoms with van der Waals surface area (Å²) >= 11 is 0. The molecule has 1 amide bonds. The molecule has 0 aliphatic carbocycles. The average molecular weight is 273 g/mol. The average Bonchev–Trinajstić information content (AvgIpc) is 2.52. The second kappa shape index (κ2) is 7.04. The van der Waals surface area contributed by atoms with Crippen molar-refractivity contribution < 1.29 is 9.90 Å². The molecule has 1 aromatic rings. The maximum absolute atomic E-state index is 12.6. The van der Waals surface area contributed by atoms with Crippen molar-refractivity contribution in [1.82, 2.24) is 9.88 Å². The van der Waals surface area contributed by atoms with Gasteiger partial charge in [-0.1, -0.05) is 11.8 Å². The molecule has 2 heterocycles. The fourth-order valence-corrected chi connectivity index (χ4v) is 2.42. The van der Waals surface area contributed by atoms with Crippen LogP contribution in [0, 0.1) is 11.8 Å². The third kappa shape index (κ3) is 3.16. The van der Waals surface area contributed by atoms with Crippen LogP contribution in [-0.4, -0.2) is 46.6 Å². The highest BCUT2D eigenvalue weighted by Crippen LogP contribution is 2.19. The summed E-state index contributed by atoms with van der Waals surface area (Å²) in [6, 6.07) is 3.39. The molecule has 1 aliphatic rings. The van der Waals surface area contributed by atoms with E-state index in [4.69, 9.17) is 5.73 Å². The molecule has 106 valence electrons. The van der Waals surface area contributed by atoms with Crippen LogP contribution in [0.4, 0.5) is 0 Å². The molecule has 1 saturated heterocycles. The van der Waals surface area contributed by atoms with E-state index >= 15 is 0 Å². The largest absolute Gasteiger partial charge is 0.394 e. The third-order valence-corrected chi connectivity index (χ3v) is 3.43. The zero-order chi connectivity index (χ0) is 14.4. The van der Waals surface area contributed by atoms with Crippen molar-refractivity contribution in [2.75, 3.05) is 19.7 Å². The summed E-state index contributed by atoms with van der Waals surface area (Å²) in [5, 5.41) is 9.41. The number of carbonyl (C=O) groups is 1. The van der Waals surface area contributed by atoms with E-state index in [1.165, 1.54) is 0 Å². The number of nitrogens with two attached hydrogens (primary N) is 1. The van der Waals surface area contributed by atoms with Crippen LogP contribution in [0.5, 0.6) is 0 Å². The topological polar surface area (TPSA) is 79.5 Å². The highest BCUT2D eigenvalue weighted by molar-refractivity contribution is 5.95. The Bertz CT molecular complexity index is 533. The number of hydrogen-bond acceptors (Lipinski definition) is 4. The van der Waals surface area contributed by atoms with Crippen LogP contribution in [-0.2, 0) is 0 Å². The fourth-order valence-electron chi connectivity index (χ4n) is 2.42. The summed E-state index contributed by atoms with van der Waals surface area (Å²) in [6.07, 6.45) is 4.41. The van der Waals surface area contributed by atoms with Crippen LogP contribution in [0.2, 0.25) is 0 Å². The van der Waals surface area contributed by atoms with Crippen molar-refractivity contribution in [1.29, 1.82) is 0 Å². The molecule has 0 aromatic carbocycles. The molecule has 1 aliphatic heterocycles. The predicted molar refractivity (Wildman–Crippen MR) is 75.9 cm³/mol. The first kappa shape index (κ1) is 14.5. The molecular formula is C15H19N3O2. The van der Waals surface area contributed by atoms with Gasteiger partial charge in [0.15, 0.2) is 0 Å². The SMILES string of the molecule is NCC#Cc1cccnc1C(=O)N1CCCCC1CO. The molecule has 20 heavy (non-hydrogen) atoms. The van der Waals surface area contributed by atoms with Gasteiger partial charge >= 0.3 is 0 Å². The Labute approximate surface area is 118 Å². The highest BCUT2D eigenvalue weighted by atomic mass is 16.3. The summed E-state index contributed by atoms with van der Waals surface area (Å²) in [6.45, 7) is 0.887. The van der Waals surface area contributed by atoms with Gasteiger partial charge in [0.1, 0.15) is 5.69 Å². The summed E-state index contributed by atoms with van der Waals surface area (Å²) in [5.41, 5.74) is 6.30. The molecule has 1 aromatic heterocycles. The smallest absolute Gasteiger partial charge is 0.274 e. The Morgan fingerprint density at radius 2 is 2.40 bits per heavy atom. The van der Waals surface area contributed by atoms with Crippen molar-refractivity contribution >= 4 is 5.91 Å². The van der Waals surface area contributed by atoms with Gasteiger partial charge in [0, 0.05) is 12.7 Å². The fraction of sp³-hybridized carbons (Fsp3) is 0.467. The number of rotatable bonds is 2. The van der Waals surface area contributed by atoms with E-state index in [9.17, 15) is 9.90 Å². The number of hydrogen-bond donors (Lipinski definition) is 2. The first-order valence-corrected chi connectivity index (χ1v) is 6.83. The van der Waals surface area contributed by atoms with Gasteiger partial charge in [0.25, 0.3) is 5.91 Å². The lowest BCUT2D eigenvalue weighted by molar-refractivity contribution is 0.0497. The van der Waals surface area contributed by atoms with E-state index < -0.39 is 0 Å². The van der Waals surface area contributed by atoms with Crippen molar-refractivity contribution in [3.8, 4) is 11.8 Å². The molecule has 0 bridgehead atoms. The van der Waals surface area contributed by atoms with Crippen LogP contribution in [0.25, 0.3) is 0 Å². The lowest BCUT2D eigenvalue weighted by atomic mass is 10.0. The lowest BCUT2D eigenvalue weighted by Gasteiger charge is -2.34. The molecule has 5 nitrogen and oxygen atoms in total. The molecule has 0 saturated carbocycles. The van der Waals surface area contributed by atoms with Gasteiger partial charge in [-0.3, -0.25) is 4.79 Å². The molecule has 5 heteroatoms. The number of amides is 1. The van der Waals surface area contributed by atoms with Gasteiger partial charge < -0.3 is 15.7 Å². The molecule has 1 atom stereocenters. The first-order chi connectivity index (χ1) is 9.77. The van der Waals surface area contributed by atoms with Gasteiger partial charge in [0.05, 0.1) is 24.8 Å². The number of nitrogens with zero attached hydrogens (tertiary/aromatic N) is 2.